The van der Waals surface area contributed by atoms with Crippen LogP contribution in [0.4, 0.5) is 0 Å². The van der Waals surface area contributed by atoms with Gasteiger partial charge >= 0.3 is 0 Å². The Labute approximate surface area is 153 Å². The van der Waals surface area contributed by atoms with E-state index in [1.807, 2.05) is 47.5 Å². The molecule has 134 valence electrons. The summed E-state index contributed by atoms with van der Waals surface area (Å²) in [5.74, 6) is 1.31. The van der Waals surface area contributed by atoms with E-state index in [0.717, 1.165) is 48.3 Å². The lowest BCUT2D eigenvalue weighted by Crippen LogP contribution is -2.40. The Hall–Kier alpha value is -2.82. The van der Waals surface area contributed by atoms with E-state index >= 15 is 0 Å². The van der Waals surface area contributed by atoms with Gasteiger partial charge in [-0.25, -0.2) is 0 Å². The van der Waals surface area contributed by atoms with E-state index in [9.17, 15) is 4.79 Å². The highest BCUT2D eigenvalue weighted by molar-refractivity contribution is 5.79. The Kier molecular flexibility index (Phi) is 4.61. The number of nitrogens with one attached hydrogen (secondary N) is 1. The number of H-pyrrole nitrogens is 1. The zero-order valence-electron chi connectivity index (χ0n) is 14.9. The highest BCUT2D eigenvalue weighted by Gasteiger charge is 2.26. The van der Waals surface area contributed by atoms with Crippen LogP contribution >= 0.6 is 0 Å². The second kappa shape index (κ2) is 7.20. The maximum Gasteiger partial charge on any atom is 0.227 e. The summed E-state index contributed by atoms with van der Waals surface area (Å²) in [6, 6.07) is 13.8. The molecule has 26 heavy (non-hydrogen) atoms. The number of ether oxygens (including phenoxy) is 1. The third kappa shape index (κ3) is 3.43. The number of pyridine rings is 1. The highest BCUT2D eigenvalue weighted by atomic mass is 16.5. The average molecular weight is 349 g/mol. The first-order valence-corrected chi connectivity index (χ1v) is 9.07. The summed E-state index contributed by atoms with van der Waals surface area (Å²) in [6.45, 7) is 1.59. The molecule has 1 atom stereocenters. The number of methoxy groups -OCH3 is 1. The molecule has 1 fully saturated rings. The van der Waals surface area contributed by atoms with Crippen LogP contribution in [-0.2, 0) is 11.2 Å². The number of benzene rings is 1. The molecule has 0 radical (unpaired) electrons. The Bertz CT molecular complexity index is 885. The Morgan fingerprint density at radius 2 is 2.23 bits per heavy atom. The van der Waals surface area contributed by atoms with Crippen molar-refractivity contribution in [2.75, 3.05) is 20.2 Å². The van der Waals surface area contributed by atoms with Crippen molar-refractivity contribution in [3.8, 4) is 5.75 Å². The number of aromatic nitrogens is 2. The summed E-state index contributed by atoms with van der Waals surface area (Å²) in [4.78, 5) is 22.6. The monoisotopic (exact) mass is 349 g/mol. The fraction of sp³-hybridized carbons (Fsp3) is 0.333. The topological polar surface area (TPSA) is 58.2 Å². The number of hydrogen-bond donors (Lipinski definition) is 1. The summed E-state index contributed by atoms with van der Waals surface area (Å²) in [5, 5.41) is 0. The van der Waals surface area contributed by atoms with Crippen LogP contribution in [0, 0.1) is 0 Å². The minimum Gasteiger partial charge on any atom is -0.497 e. The molecule has 3 aromatic rings. The zero-order chi connectivity index (χ0) is 17.9. The molecule has 1 amide bonds. The number of aromatic amines is 1. The summed E-state index contributed by atoms with van der Waals surface area (Å²) in [6.07, 6.45) is 4.34. The molecule has 0 bridgehead atoms. The predicted molar refractivity (Wildman–Crippen MR) is 101 cm³/mol. The predicted octanol–water partition coefficient (Wildman–Crippen LogP) is 3.52. The molecule has 4 rings (SSSR count). The summed E-state index contributed by atoms with van der Waals surface area (Å²) < 4.78 is 5.25. The lowest BCUT2D eigenvalue weighted by atomic mass is 9.94. The van der Waals surface area contributed by atoms with Gasteiger partial charge in [0.25, 0.3) is 0 Å². The zero-order valence-corrected chi connectivity index (χ0v) is 14.9. The van der Waals surface area contributed by atoms with Crippen LogP contribution in [0.5, 0.6) is 5.75 Å². The van der Waals surface area contributed by atoms with Crippen LogP contribution in [0.2, 0.25) is 0 Å². The fourth-order valence-electron chi connectivity index (χ4n) is 3.72. The van der Waals surface area contributed by atoms with Crippen LogP contribution in [0.1, 0.15) is 30.0 Å². The molecule has 1 N–H and O–H groups in total. The van der Waals surface area contributed by atoms with E-state index in [1.165, 1.54) is 5.69 Å². The lowest BCUT2D eigenvalue weighted by Gasteiger charge is -2.32. The number of rotatable bonds is 4. The van der Waals surface area contributed by atoms with Gasteiger partial charge in [0.2, 0.25) is 5.91 Å². The number of amides is 1. The normalized spacial score (nSPS) is 17.4. The van der Waals surface area contributed by atoms with Gasteiger partial charge in [-0.15, -0.1) is 0 Å². The van der Waals surface area contributed by atoms with E-state index in [0.29, 0.717) is 12.3 Å². The van der Waals surface area contributed by atoms with E-state index in [-0.39, 0.29) is 5.91 Å². The molecule has 0 aliphatic carbocycles. The van der Waals surface area contributed by atoms with Gasteiger partial charge < -0.3 is 14.6 Å². The molecular weight excluding hydrogens is 326 g/mol. The molecule has 1 aromatic carbocycles. The largest absolute Gasteiger partial charge is 0.497 e. The first-order valence-electron chi connectivity index (χ1n) is 9.07. The number of piperidine rings is 1. The lowest BCUT2D eigenvalue weighted by molar-refractivity contribution is -0.131. The SMILES string of the molecule is COc1cccc(CC(=O)N2CCCC(c3cc4ncccc4[nH]3)C2)c1. The number of fused-ring (bicyclic) bond motifs is 1. The van der Waals surface area contributed by atoms with Crippen molar-refractivity contribution in [3.63, 3.8) is 0 Å². The van der Waals surface area contributed by atoms with Gasteiger partial charge in [-0.05, 0) is 48.7 Å². The Morgan fingerprint density at radius 3 is 3.08 bits per heavy atom. The third-order valence-electron chi connectivity index (χ3n) is 5.11. The standard InChI is InChI=1S/C21H23N3O2/c1-26-17-7-2-5-15(11-17)12-21(25)24-10-4-6-16(14-24)19-13-20-18(23-19)8-3-9-22-20/h2-3,5,7-9,11,13,16,23H,4,6,10,12,14H2,1H3. The average Bonchev–Trinajstić information content (AvgIpc) is 3.12. The molecule has 0 saturated carbocycles. The van der Waals surface area contributed by atoms with Crippen molar-refractivity contribution in [2.45, 2.75) is 25.2 Å². The minimum atomic E-state index is 0.178. The van der Waals surface area contributed by atoms with Crippen molar-refractivity contribution in [1.82, 2.24) is 14.9 Å². The molecule has 1 unspecified atom stereocenters. The Morgan fingerprint density at radius 1 is 1.31 bits per heavy atom. The van der Waals surface area contributed by atoms with Gasteiger partial charge in [0.15, 0.2) is 0 Å². The smallest absolute Gasteiger partial charge is 0.227 e. The van der Waals surface area contributed by atoms with E-state index < -0.39 is 0 Å². The number of nitrogens with zero attached hydrogens (tertiary/aromatic N) is 2. The minimum absolute atomic E-state index is 0.178. The van der Waals surface area contributed by atoms with E-state index in [2.05, 4.69) is 16.0 Å². The van der Waals surface area contributed by atoms with E-state index in [1.54, 1.807) is 7.11 Å². The molecule has 5 nitrogen and oxygen atoms in total. The van der Waals surface area contributed by atoms with Gasteiger partial charge in [0, 0.05) is 30.9 Å². The van der Waals surface area contributed by atoms with Crippen molar-refractivity contribution in [1.29, 1.82) is 0 Å². The molecule has 2 aromatic heterocycles. The summed E-state index contributed by atoms with van der Waals surface area (Å²) in [5.41, 5.74) is 4.22. The van der Waals surface area contributed by atoms with Crippen LogP contribution in [0.3, 0.4) is 0 Å². The first-order chi connectivity index (χ1) is 12.7. The van der Waals surface area contributed by atoms with Crippen molar-refractivity contribution in [2.24, 2.45) is 0 Å². The van der Waals surface area contributed by atoms with Crippen LogP contribution in [0.25, 0.3) is 11.0 Å². The first kappa shape index (κ1) is 16.6. The summed E-state index contributed by atoms with van der Waals surface area (Å²) in [7, 11) is 1.64. The van der Waals surface area contributed by atoms with E-state index in [4.69, 9.17) is 4.74 Å². The van der Waals surface area contributed by atoms with Crippen molar-refractivity contribution in [3.05, 3.63) is 59.9 Å². The number of hydrogen-bond acceptors (Lipinski definition) is 3. The second-order valence-corrected chi connectivity index (χ2v) is 6.87. The maximum absolute atomic E-state index is 12.8. The fourth-order valence-corrected chi connectivity index (χ4v) is 3.72. The molecule has 3 heterocycles. The van der Waals surface area contributed by atoms with Gasteiger partial charge in [-0.1, -0.05) is 12.1 Å². The number of likely N-dealkylation sites (tertiary alicyclic amines) is 1. The maximum atomic E-state index is 12.8. The molecule has 1 saturated heterocycles. The molecule has 5 heteroatoms. The third-order valence-corrected chi connectivity index (χ3v) is 5.11. The highest BCUT2D eigenvalue weighted by Crippen LogP contribution is 2.28. The van der Waals surface area contributed by atoms with Gasteiger partial charge in [-0.2, -0.15) is 0 Å². The van der Waals surface area contributed by atoms with Crippen LogP contribution in [-0.4, -0.2) is 41.0 Å². The number of carbonyl (C=O) groups is 1. The summed E-state index contributed by atoms with van der Waals surface area (Å²) >= 11 is 0. The van der Waals surface area contributed by atoms with Gasteiger partial charge in [-0.3, -0.25) is 9.78 Å². The van der Waals surface area contributed by atoms with Gasteiger partial charge in [0.05, 0.1) is 24.6 Å². The Balaban J connectivity index is 1.46. The quantitative estimate of drug-likeness (QED) is 0.784. The van der Waals surface area contributed by atoms with Crippen LogP contribution < -0.4 is 4.74 Å². The van der Waals surface area contributed by atoms with Gasteiger partial charge in [0.1, 0.15) is 5.75 Å². The van der Waals surface area contributed by atoms with Crippen molar-refractivity contribution < 1.29 is 9.53 Å². The molecule has 0 spiro atoms. The number of carbonyl (C=O) groups excluding carboxylic acids is 1. The van der Waals surface area contributed by atoms with Crippen LogP contribution in [0.15, 0.2) is 48.7 Å². The molecule has 1 aliphatic rings. The molecule has 1 aliphatic heterocycles. The molecular formula is C21H23N3O2. The second-order valence-electron chi connectivity index (χ2n) is 6.87. The van der Waals surface area contributed by atoms with Crippen molar-refractivity contribution >= 4 is 16.9 Å².